The number of hydrogen-bond acceptors (Lipinski definition) is 5. The van der Waals surface area contributed by atoms with E-state index in [1.54, 1.807) is 42.5 Å². The summed E-state index contributed by atoms with van der Waals surface area (Å²) < 4.78 is 0. The molecule has 3 N–H and O–H groups in total. The second kappa shape index (κ2) is 11.2. The van der Waals surface area contributed by atoms with E-state index in [1.165, 1.54) is 0 Å². The fraction of sp³-hybridized carbons (Fsp3) is 0.154. The van der Waals surface area contributed by atoms with Gasteiger partial charge in [-0.15, -0.1) is 0 Å². The molecule has 3 aromatic rings. The van der Waals surface area contributed by atoms with Crippen molar-refractivity contribution in [2.24, 2.45) is 5.16 Å². The van der Waals surface area contributed by atoms with Crippen LogP contribution >= 0.6 is 23.2 Å². The minimum atomic E-state index is -1.18. The van der Waals surface area contributed by atoms with Gasteiger partial charge in [0.2, 0.25) is 6.10 Å². The monoisotopic (exact) mass is 525 g/mol. The number of hydrogen-bond donors (Lipinski definition) is 3. The normalized spacial score (nSPS) is 15.4. The molecule has 0 fully saturated rings. The van der Waals surface area contributed by atoms with Crippen molar-refractivity contribution in [1.29, 1.82) is 0 Å². The molecule has 0 spiro atoms. The molecule has 36 heavy (non-hydrogen) atoms. The number of carbonyl (C=O) groups excluding carboxylic acids is 2. The third-order valence-corrected chi connectivity index (χ3v) is 6.15. The number of nitrogens with zero attached hydrogens (tertiary/aromatic N) is 1. The summed E-state index contributed by atoms with van der Waals surface area (Å²) in [5, 5.41) is 19.3. The van der Waals surface area contributed by atoms with Crippen molar-refractivity contribution < 1.29 is 24.3 Å². The van der Waals surface area contributed by atoms with Crippen LogP contribution in [0.2, 0.25) is 10.0 Å². The first kappa shape index (κ1) is 25.2. The van der Waals surface area contributed by atoms with Crippen LogP contribution in [0.5, 0.6) is 0 Å². The summed E-state index contributed by atoms with van der Waals surface area (Å²) in [7, 11) is 0. The van der Waals surface area contributed by atoms with Crippen molar-refractivity contribution in [2.75, 3.05) is 5.32 Å². The van der Waals surface area contributed by atoms with Crippen LogP contribution in [0.15, 0.2) is 78.0 Å². The predicted molar refractivity (Wildman–Crippen MR) is 137 cm³/mol. The number of rotatable bonds is 8. The zero-order valence-corrected chi connectivity index (χ0v) is 20.3. The van der Waals surface area contributed by atoms with E-state index in [-0.39, 0.29) is 28.5 Å². The number of carboxylic acids is 1. The molecule has 0 aromatic heterocycles. The van der Waals surface area contributed by atoms with Gasteiger partial charge in [0, 0.05) is 18.5 Å². The van der Waals surface area contributed by atoms with Gasteiger partial charge < -0.3 is 20.6 Å². The highest BCUT2D eigenvalue weighted by molar-refractivity contribution is 6.40. The molecule has 2 amide bonds. The van der Waals surface area contributed by atoms with Gasteiger partial charge >= 0.3 is 5.97 Å². The minimum absolute atomic E-state index is 0.0325. The molecule has 2 unspecified atom stereocenters. The number of nitrogens with one attached hydrogen (secondary N) is 2. The Morgan fingerprint density at radius 1 is 0.972 bits per heavy atom. The van der Waals surface area contributed by atoms with E-state index in [1.807, 2.05) is 30.3 Å². The lowest BCUT2D eigenvalue weighted by Crippen LogP contribution is -2.46. The highest BCUT2D eigenvalue weighted by Crippen LogP contribution is 2.25. The summed E-state index contributed by atoms with van der Waals surface area (Å²) in [5.74, 6) is -2.21. The fourth-order valence-corrected chi connectivity index (χ4v) is 4.22. The number of oxime groups is 1. The van der Waals surface area contributed by atoms with Gasteiger partial charge in [0.25, 0.3) is 11.8 Å². The van der Waals surface area contributed by atoms with Gasteiger partial charge in [-0.25, -0.2) is 4.79 Å². The van der Waals surface area contributed by atoms with Gasteiger partial charge in [0.15, 0.2) is 0 Å². The minimum Gasteiger partial charge on any atom is -0.480 e. The predicted octanol–water partition coefficient (Wildman–Crippen LogP) is 4.55. The average Bonchev–Trinajstić information content (AvgIpc) is 3.36. The van der Waals surface area contributed by atoms with Gasteiger partial charge in [0.1, 0.15) is 6.04 Å². The molecule has 8 nitrogen and oxygen atoms in total. The van der Waals surface area contributed by atoms with E-state index >= 15 is 0 Å². The van der Waals surface area contributed by atoms with Crippen LogP contribution in [0.3, 0.4) is 0 Å². The Bertz CT molecular complexity index is 1290. The molecule has 3 aromatic carbocycles. The SMILES string of the molecule is O=C(Nc1ccc(CC(NC(=O)C2CC(c3ccccc3)=NO2)C(=O)O)cc1)c1c(Cl)cccc1Cl. The fourth-order valence-electron chi connectivity index (χ4n) is 3.65. The Balaban J connectivity index is 1.35. The summed E-state index contributed by atoms with van der Waals surface area (Å²) >= 11 is 12.2. The number of benzene rings is 3. The quantitative estimate of drug-likeness (QED) is 0.398. The summed E-state index contributed by atoms with van der Waals surface area (Å²) in [5.41, 5.74) is 2.74. The summed E-state index contributed by atoms with van der Waals surface area (Å²) in [6.45, 7) is 0. The Kier molecular flexibility index (Phi) is 7.87. The zero-order valence-electron chi connectivity index (χ0n) is 18.8. The van der Waals surface area contributed by atoms with Crippen molar-refractivity contribution >= 4 is 52.4 Å². The third-order valence-electron chi connectivity index (χ3n) is 5.52. The number of amides is 2. The molecule has 4 rings (SSSR count). The molecule has 0 saturated carbocycles. The van der Waals surface area contributed by atoms with Crippen molar-refractivity contribution in [3.05, 3.63) is 99.5 Å². The Morgan fingerprint density at radius 3 is 2.28 bits per heavy atom. The first-order valence-electron chi connectivity index (χ1n) is 11.0. The highest BCUT2D eigenvalue weighted by atomic mass is 35.5. The lowest BCUT2D eigenvalue weighted by atomic mass is 10.0. The molecular weight excluding hydrogens is 505 g/mol. The van der Waals surface area contributed by atoms with Crippen molar-refractivity contribution in [3.63, 3.8) is 0 Å². The maximum Gasteiger partial charge on any atom is 0.326 e. The molecule has 184 valence electrons. The number of aliphatic carboxylic acids is 1. The van der Waals surface area contributed by atoms with E-state index in [9.17, 15) is 19.5 Å². The lowest BCUT2D eigenvalue weighted by Gasteiger charge is -2.17. The van der Waals surface area contributed by atoms with Gasteiger partial charge in [0.05, 0.1) is 21.3 Å². The van der Waals surface area contributed by atoms with E-state index < -0.39 is 29.9 Å². The van der Waals surface area contributed by atoms with Crippen LogP contribution in [0.1, 0.15) is 27.9 Å². The summed E-state index contributed by atoms with van der Waals surface area (Å²) in [6.07, 6.45) is -0.632. The van der Waals surface area contributed by atoms with Crippen molar-refractivity contribution in [2.45, 2.75) is 25.0 Å². The molecule has 0 aliphatic carbocycles. The summed E-state index contributed by atoms with van der Waals surface area (Å²) in [6, 6.07) is 19.5. The second-order valence-corrected chi connectivity index (χ2v) is 8.87. The number of anilines is 1. The van der Waals surface area contributed by atoms with Crippen molar-refractivity contribution in [3.8, 4) is 0 Å². The van der Waals surface area contributed by atoms with Gasteiger partial charge in [-0.3, -0.25) is 9.59 Å². The Hall–Kier alpha value is -3.88. The van der Waals surface area contributed by atoms with Crippen molar-refractivity contribution in [1.82, 2.24) is 5.32 Å². The standard InChI is InChI=1S/C26H21Cl2N3O5/c27-18-7-4-8-19(28)23(18)25(33)29-17-11-9-15(10-12-17)13-21(26(34)35)30-24(32)22-14-20(31-36-22)16-5-2-1-3-6-16/h1-12,21-22H,13-14H2,(H,29,33)(H,30,32)(H,34,35). The Labute approximate surface area is 216 Å². The van der Waals surface area contributed by atoms with Crippen LogP contribution in [0.25, 0.3) is 0 Å². The molecule has 1 heterocycles. The molecule has 0 radical (unpaired) electrons. The van der Waals surface area contributed by atoms with E-state index in [0.29, 0.717) is 17.0 Å². The second-order valence-electron chi connectivity index (χ2n) is 8.05. The highest BCUT2D eigenvalue weighted by Gasteiger charge is 2.32. The lowest BCUT2D eigenvalue weighted by molar-refractivity contribution is -0.143. The van der Waals surface area contributed by atoms with Gasteiger partial charge in [-0.05, 0) is 35.4 Å². The van der Waals surface area contributed by atoms with E-state index in [0.717, 1.165) is 5.56 Å². The van der Waals surface area contributed by atoms with Gasteiger partial charge in [-0.1, -0.05) is 76.9 Å². The van der Waals surface area contributed by atoms with Crippen LogP contribution in [-0.2, 0) is 20.8 Å². The average molecular weight is 526 g/mol. The molecule has 1 aliphatic heterocycles. The maximum atomic E-state index is 12.7. The number of halogens is 2. The Morgan fingerprint density at radius 2 is 1.64 bits per heavy atom. The molecule has 2 atom stereocenters. The molecule has 10 heteroatoms. The van der Waals surface area contributed by atoms with Crippen LogP contribution in [0.4, 0.5) is 5.69 Å². The summed E-state index contributed by atoms with van der Waals surface area (Å²) in [4.78, 5) is 42.2. The topological polar surface area (TPSA) is 117 Å². The van der Waals surface area contributed by atoms with Crippen LogP contribution < -0.4 is 10.6 Å². The first-order chi connectivity index (χ1) is 17.3. The van der Waals surface area contributed by atoms with Crippen LogP contribution in [-0.4, -0.2) is 40.7 Å². The molecule has 0 bridgehead atoms. The first-order valence-corrected chi connectivity index (χ1v) is 11.7. The maximum absolute atomic E-state index is 12.7. The molecular formula is C26H21Cl2N3O5. The van der Waals surface area contributed by atoms with Gasteiger partial charge in [-0.2, -0.15) is 0 Å². The number of carboxylic acid groups (broad SMARTS) is 1. The van der Waals surface area contributed by atoms with Crippen LogP contribution in [0, 0.1) is 0 Å². The van der Waals surface area contributed by atoms with E-state index in [4.69, 9.17) is 28.0 Å². The zero-order chi connectivity index (χ0) is 25.7. The molecule has 0 saturated heterocycles. The molecule has 1 aliphatic rings. The number of carbonyl (C=O) groups is 3. The van der Waals surface area contributed by atoms with E-state index in [2.05, 4.69) is 15.8 Å². The smallest absolute Gasteiger partial charge is 0.326 e. The third kappa shape index (κ3) is 6.02. The largest absolute Gasteiger partial charge is 0.480 e.